The number of Topliss-reactive ketones (excluding diaryl/α,β-unsaturated/α-hetero) is 1. The zero-order valence-corrected chi connectivity index (χ0v) is 35.7. The van der Waals surface area contributed by atoms with Gasteiger partial charge in [-0.1, -0.05) is 80.6 Å². The van der Waals surface area contributed by atoms with Gasteiger partial charge in [0.05, 0.1) is 41.6 Å². The van der Waals surface area contributed by atoms with Crippen LogP contribution in [0.5, 0.6) is 0 Å². The van der Waals surface area contributed by atoms with Gasteiger partial charge >= 0.3 is 23.9 Å². The molecule has 2 saturated carbocycles. The second kappa shape index (κ2) is 16.9. The Morgan fingerprint density at radius 3 is 1.94 bits per heavy atom. The standard InChI is InChI=1S/C48H53NO13/c1-25-34-40(59-27(3)50)42(54)47(7)32(52)23-33-48(24-58-33,62-28(4)51)41(47)39(61-45(57)31-21-15-10-16-22-31)35(46(34,5)6)37(53)38(25)60-44(56)26(2)36(29-17-11-8-12-18-29)49-43(55)30-19-13-9-14-20-30/h8-22,26,32-33,35-41,52-53H,23-24H2,1-7H3,(H,49,55)/t26-,32+,33-,35?,36-,37-,38-,39-,40-,41?,47-,48+/m1/s1. The molecule has 14 nitrogen and oxygen atoms in total. The third-order valence-electron chi connectivity index (χ3n) is 13.6. The van der Waals surface area contributed by atoms with Gasteiger partial charge in [-0.2, -0.15) is 0 Å². The van der Waals surface area contributed by atoms with Gasteiger partial charge in [0.25, 0.3) is 5.91 Å². The van der Waals surface area contributed by atoms with Gasteiger partial charge < -0.3 is 39.2 Å². The van der Waals surface area contributed by atoms with Gasteiger partial charge in [-0.25, -0.2) is 4.79 Å². The van der Waals surface area contributed by atoms with Crippen LogP contribution in [-0.2, 0) is 42.9 Å². The highest BCUT2D eigenvalue weighted by Gasteiger charge is 2.76. The Morgan fingerprint density at radius 1 is 0.806 bits per heavy atom. The lowest BCUT2D eigenvalue weighted by molar-refractivity contribution is -0.337. The summed E-state index contributed by atoms with van der Waals surface area (Å²) in [4.78, 5) is 83.9. The minimum absolute atomic E-state index is 0.135. The van der Waals surface area contributed by atoms with Gasteiger partial charge in [-0.3, -0.25) is 24.0 Å². The highest BCUT2D eigenvalue weighted by atomic mass is 16.6. The van der Waals surface area contributed by atoms with Crippen LogP contribution in [0.4, 0.5) is 0 Å². The largest absolute Gasteiger partial charge is 0.458 e. The topological polar surface area (TPSA) is 201 Å². The van der Waals surface area contributed by atoms with Crippen molar-refractivity contribution < 1.29 is 62.7 Å². The van der Waals surface area contributed by atoms with E-state index in [1.54, 1.807) is 107 Å². The monoisotopic (exact) mass is 851 g/mol. The predicted molar refractivity (Wildman–Crippen MR) is 221 cm³/mol. The van der Waals surface area contributed by atoms with Crippen LogP contribution in [0.25, 0.3) is 0 Å². The van der Waals surface area contributed by atoms with Gasteiger partial charge in [0, 0.05) is 31.7 Å². The molecule has 3 fully saturated rings. The highest BCUT2D eigenvalue weighted by molar-refractivity contribution is 5.96. The SMILES string of the molecule is CC(=O)O[C@H]1C(=O)[C@@]2(C)C([C@H](OC(=O)c3ccccc3)C3[C@@H](O)[C@H](OC(=O)[C@H](C)[C@@H](NC(=O)c4ccccc4)c4ccccc4)C(C)=C1C3(C)C)[C@]1(OC(C)=O)CO[C@@H]1C[C@@H]2O. The first-order chi connectivity index (χ1) is 29.3. The quantitative estimate of drug-likeness (QED) is 0.142. The van der Waals surface area contributed by atoms with Crippen molar-refractivity contribution in [3.63, 3.8) is 0 Å². The number of rotatable bonds is 10. The Labute approximate surface area is 359 Å². The van der Waals surface area contributed by atoms with Crippen LogP contribution in [0.1, 0.15) is 87.2 Å². The average Bonchev–Trinajstić information content (AvgIpc) is 3.23. The van der Waals surface area contributed by atoms with Gasteiger partial charge in [0.1, 0.15) is 24.4 Å². The number of carbonyl (C=O) groups excluding carboxylic acids is 6. The number of aliphatic hydroxyl groups is 2. The fraction of sp³-hybridized carbons (Fsp3) is 0.458. The molecular formula is C48H53NO13. The molecule has 1 heterocycles. The van der Waals surface area contributed by atoms with Gasteiger partial charge in [0.2, 0.25) is 0 Å². The lowest BCUT2D eigenvalue weighted by Crippen LogP contribution is -2.80. The lowest BCUT2D eigenvalue weighted by atomic mass is 9.45. The number of fused-ring (bicyclic) bond motifs is 5. The van der Waals surface area contributed by atoms with E-state index in [0.717, 1.165) is 6.92 Å². The number of ketones is 1. The van der Waals surface area contributed by atoms with Crippen LogP contribution in [-0.4, -0.2) is 94.6 Å². The number of hydrogen-bond acceptors (Lipinski definition) is 13. The maximum absolute atomic E-state index is 15.5. The second-order valence-corrected chi connectivity index (χ2v) is 17.7. The van der Waals surface area contributed by atoms with E-state index in [1.807, 2.05) is 0 Å². The Balaban J connectivity index is 1.39. The van der Waals surface area contributed by atoms with Crippen molar-refractivity contribution in [3.8, 4) is 0 Å². The molecule has 2 unspecified atom stereocenters. The van der Waals surface area contributed by atoms with Crippen molar-refractivity contribution in [2.75, 3.05) is 6.61 Å². The maximum Gasteiger partial charge on any atom is 0.338 e. The van der Waals surface area contributed by atoms with E-state index in [0.29, 0.717) is 11.1 Å². The lowest BCUT2D eigenvalue weighted by Gasteiger charge is -2.66. The minimum Gasteiger partial charge on any atom is -0.458 e. The van der Waals surface area contributed by atoms with E-state index in [4.69, 9.17) is 23.7 Å². The van der Waals surface area contributed by atoms with Crippen LogP contribution in [0.2, 0.25) is 0 Å². The van der Waals surface area contributed by atoms with Crippen molar-refractivity contribution in [1.82, 2.24) is 5.32 Å². The van der Waals surface area contributed by atoms with E-state index in [2.05, 4.69) is 5.32 Å². The number of esters is 4. The van der Waals surface area contributed by atoms with Crippen LogP contribution in [0.3, 0.4) is 0 Å². The van der Waals surface area contributed by atoms with E-state index in [9.17, 15) is 34.2 Å². The zero-order valence-electron chi connectivity index (χ0n) is 35.7. The number of hydrogen-bond donors (Lipinski definition) is 3. The van der Waals surface area contributed by atoms with Gasteiger partial charge in [0.15, 0.2) is 17.5 Å². The molecule has 12 atom stereocenters. The molecule has 0 spiro atoms. The summed E-state index contributed by atoms with van der Waals surface area (Å²) in [6.07, 6.45) is -9.06. The summed E-state index contributed by atoms with van der Waals surface area (Å²) < 4.78 is 30.7. The fourth-order valence-electron chi connectivity index (χ4n) is 10.6. The van der Waals surface area contributed by atoms with Crippen molar-refractivity contribution in [3.05, 3.63) is 119 Å². The molecule has 3 aromatic carbocycles. The molecular weight excluding hydrogens is 799 g/mol. The first kappa shape index (κ1) is 44.4. The zero-order chi connectivity index (χ0) is 44.9. The van der Waals surface area contributed by atoms with E-state index in [-0.39, 0.29) is 29.7 Å². The Morgan fingerprint density at radius 2 is 1.39 bits per heavy atom. The molecule has 1 amide bonds. The number of carbonyl (C=O) groups is 6. The molecule has 0 aromatic heterocycles. The Hall–Kier alpha value is -5.70. The molecule has 14 heteroatoms. The number of amides is 1. The second-order valence-electron chi connectivity index (χ2n) is 17.7. The molecule has 7 rings (SSSR count). The average molecular weight is 852 g/mol. The molecule has 0 radical (unpaired) electrons. The molecule has 3 N–H and O–H groups in total. The minimum atomic E-state index is -1.95. The van der Waals surface area contributed by atoms with Gasteiger partial charge in [-0.15, -0.1) is 0 Å². The molecule has 1 aliphatic heterocycles. The third kappa shape index (κ3) is 7.51. The summed E-state index contributed by atoms with van der Waals surface area (Å²) in [5.74, 6) is -8.19. The maximum atomic E-state index is 15.5. The first-order valence-corrected chi connectivity index (χ1v) is 20.8. The number of nitrogens with one attached hydrogen (secondary N) is 1. The van der Waals surface area contributed by atoms with Gasteiger partial charge in [-0.05, 0) is 67.2 Å². The van der Waals surface area contributed by atoms with Crippen LogP contribution >= 0.6 is 0 Å². The third-order valence-corrected chi connectivity index (χ3v) is 13.6. The molecule has 4 aliphatic rings. The smallest absolute Gasteiger partial charge is 0.338 e. The summed E-state index contributed by atoms with van der Waals surface area (Å²) in [5.41, 5.74) is -3.52. The summed E-state index contributed by atoms with van der Waals surface area (Å²) in [6, 6.07) is 24.5. The molecule has 1 saturated heterocycles. The van der Waals surface area contributed by atoms with E-state index < -0.39 is 112 Å². The number of aliphatic hydroxyl groups excluding tert-OH is 2. The first-order valence-electron chi connectivity index (χ1n) is 20.8. The van der Waals surface area contributed by atoms with Crippen LogP contribution < -0.4 is 5.32 Å². The number of ether oxygens (including phenoxy) is 5. The highest BCUT2D eigenvalue weighted by Crippen LogP contribution is 2.63. The molecule has 2 bridgehead atoms. The summed E-state index contributed by atoms with van der Waals surface area (Å²) in [6.45, 7) is 10.1. The molecule has 3 aromatic rings. The predicted octanol–water partition coefficient (Wildman–Crippen LogP) is 4.87. The summed E-state index contributed by atoms with van der Waals surface area (Å²) in [7, 11) is 0. The van der Waals surface area contributed by atoms with Crippen molar-refractivity contribution in [2.24, 2.45) is 28.6 Å². The number of benzene rings is 3. The molecule has 3 aliphatic carbocycles. The normalized spacial score (nSPS) is 31.9. The van der Waals surface area contributed by atoms with Crippen LogP contribution in [0, 0.1) is 28.6 Å². The Bertz CT molecular complexity index is 2260. The van der Waals surface area contributed by atoms with E-state index >= 15 is 4.79 Å². The Kier molecular flexibility index (Phi) is 12.1. The summed E-state index contributed by atoms with van der Waals surface area (Å²) >= 11 is 0. The van der Waals surface area contributed by atoms with Crippen LogP contribution in [0.15, 0.2) is 102 Å². The molecule has 328 valence electrons. The van der Waals surface area contributed by atoms with E-state index in [1.165, 1.54) is 26.0 Å². The summed E-state index contributed by atoms with van der Waals surface area (Å²) in [5, 5.41) is 27.9. The van der Waals surface area contributed by atoms with Crippen molar-refractivity contribution in [1.29, 1.82) is 0 Å². The van der Waals surface area contributed by atoms with Crippen molar-refractivity contribution in [2.45, 2.75) is 103 Å². The van der Waals surface area contributed by atoms with Crippen molar-refractivity contribution >= 4 is 35.6 Å². The fourth-order valence-corrected chi connectivity index (χ4v) is 10.6. The molecule has 62 heavy (non-hydrogen) atoms.